The Kier molecular flexibility index (Phi) is 8.19. The summed E-state index contributed by atoms with van der Waals surface area (Å²) in [5, 5.41) is 7.71. The van der Waals surface area contributed by atoms with Gasteiger partial charge in [-0.2, -0.15) is 10.2 Å². The van der Waals surface area contributed by atoms with Gasteiger partial charge in [-0.15, -0.1) is 0 Å². The zero-order valence-corrected chi connectivity index (χ0v) is 15.7. The Bertz CT molecular complexity index is 759. The third-order valence-corrected chi connectivity index (χ3v) is 3.62. The van der Waals surface area contributed by atoms with Gasteiger partial charge in [0.05, 0.1) is 26.6 Å². The van der Waals surface area contributed by atoms with Gasteiger partial charge in [-0.3, -0.25) is 9.59 Å². The summed E-state index contributed by atoms with van der Waals surface area (Å²) in [6.07, 6.45) is 3.03. The van der Waals surface area contributed by atoms with Crippen molar-refractivity contribution in [3.63, 3.8) is 0 Å². The maximum atomic E-state index is 11.7. The number of nitrogens with one attached hydrogen (secondary N) is 2. The summed E-state index contributed by atoms with van der Waals surface area (Å²) in [7, 11) is 3.17. The molecule has 2 amide bonds. The van der Waals surface area contributed by atoms with Crippen LogP contribution in [0.25, 0.3) is 0 Å². The second-order valence-corrected chi connectivity index (χ2v) is 5.63. The van der Waals surface area contributed by atoms with Crippen molar-refractivity contribution < 1.29 is 19.1 Å². The fourth-order valence-electron chi connectivity index (χ4n) is 2.08. The molecule has 2 rings (SSSR count). The zero-order chi connectivity index (χ0) is 20.2. The third-order valence-electron chi connectivity index (χ3n) is 3.62. The number of benzene rings is 2. The molecule has 146 valence electrons. The summed E-state index contributed by atoms with van der Waals surface area (Å²) < 4.78 is 10.1. The largest absolute Gasteiger partial charge is 0.497 e. The zero-order valence-electron chi connectivity index (χ0n) is 15.7. The second kappa shape index (κ2) is 11.1. The van der Waals surface area contributed by atoms with Gasteiger partial charge in [0.25, 0.3) is 0 Å². The molecule has 0 unspecified atom stereocenters. The Morgan fingerprint density at radius 1 is 0.750 bits per heavy atom. The van der Waals surface area contributed by atoms with Gasteiger partial charge < -0.3 is 9.47 Å². The van der Waals surface area contributed by atoms with E-state index in [9.17, 15) is 9.59 Å². The van der Waals surface area contributed by atoms with Gasteiger partial charge in [0, 0.05) is 12.8 Å². The average Bonchev–Trinajstić information content (AvgIpc) is 2.73. The van der Waals surface area contributed by atoms with Crippen molar-refractivity contribution in [1.82, 2.24) is 10.9 Å². The SMILES string of the molecule is COc1ccc(/C=N\NC(=O)CCC(=O)N/N=C\c2ccc(OC)cc2)cc1. The van der Waals surface area contributed by atoms with Crippen LogP contribution in [0.3, 0.4) is 0 Å². The van der Waals surface area contributed by atoms with Gasteiger partial charge in [-0.1, -0.05) is 0 Å². The van der Waals surface area contributed by atoms with E-state index >= 15 is 0 Å². The van der Waals surface area contributed by atoms with Crippen LogP contribution >= 0.6 is 0 Å². The smallest absolute Gasteiger partial charge is 0.240 e. The molecule has 0 fully saturated rings. The molecule has 0 heterocycles. The predicted molar refractivity (Wildman–Crippen MR) is 107 cm³/mol. The van der Waals surface area contributed by atoms with Crippen LogP contribution < -0.4 is 20.3 Å². The minimum absolute atomic E-state index is 0.00381. The maximum Gasteiger partial charge on any atom is 0.240 e. The van der Waals surface area contributed by atoms with E-state index < -0.39 is 0 Å². The molecular formula is C20H22N4O4. The van der Waals surface area contributed by atoms with E-state index in [1.54, 1.807) is 38.5 Å². The molecule has 0 saturated heterocycles. The Balaban J connectivity index is 1.67. The molecular weight excluding hydrogens is 360 g/mol. The molecule has 8 heteroatoms. The van der Waals surface area contributed by atoms with Gasteiger partial charge >= 0.3 is 0 Å². The summed E-state index contributed by atoms with van der Waals surface area (Å²) in [6.45, 7) is 0. The lowest BCUT2D eigenvalue weighted by Gasteiger charge is -2.01. The molecule has 2 N–H and O–H groups in total. The van der Waals surface area contributed by atoms with Crippen LogP contribution in [-0.4, -0.2) is 38.5 Å². The van der Waals surface area contributed by atoms with Crippen LogP contribution in [0.1, 0.15) is 24.0 Å². The minimum atomic E-state index is -0.362. The number of hydrogen-bond donors (Lipinski definition) is 2. The van der Waals surface area contributed by atoms with E-state index in [0.717, 1.165) is 22.6 Å². The normalized spacial score (nSPS) is 10.8. The number of rotatable bonds is 9. The van der Waals surface area contributed by atoms with Crippen LogP contribution in [-0.2, 0) is 9.59 Å². The number of carbonyl (C=O) groups excluding carboxylic acids is 2. The second-order valence-electron chi connectivity index (χ2n) is 5.63. The average molecular weight is 382 g/mol. The molecule has 2 aromatic carbocycles. The third kappa shape index (κ3) is 7.28. The van der Waals surface area contributed by atoms with Crippen LogP contribution in [0.5, 0.6) is 11.5 Å². The van der Waals surface area contributed by atoms with E-state index in [-0.39, 0.29) is 24.7 Å². The van der Waals surface area contributed by atoms with E-state index in [2.05, 4.69) is 21.1 Å². The van der Waals surface area contributed by atoms with Gasteiger partial charge in [-0.05, 0) is 59.7 Å². The number of hydrogen-bond acceptors (Lipinski definition) is 6. The maximum absolute atomic E-state index is 11.7. The molecule has 2 aromatic rings. The van der Waals surface area contributed by atoms with Crippen LogP contribution in [0.4, 0.5) is 0 Å². The molecule has 0 spiro atoms. The van der Waals surface area contributed by atoms with Crippen molar-refractivity contribution in [2.45, 2.75) is 12.8 Å². The molecule has 0 radical (unpaired) electrons. The minimum Gasteiger partial charge on any atom is -0.497 e. The Morgan fingerprint density at radius 2 is 1.11 bits per heavy atom. The number of amides is 2. The van der Waals surface area contributed by atoms with Crippen molar-refractivity contribution >= 4 is 24.2 Å². The fourth-order valence-corrected chi connectivity index (χ4v) is 2.08. The van der Waals surface area contributed by atoms with Crippen LogP contribution in [0.2, 0.25) is 0 Å². The highest BCUT2D eigenvalue weighted by Gasteiger charge is 2.05. The number of ether oxygens (including phenoxy) is 2. The summed E-state index contributed by atoms with van der Waals surface area (Å²) in [5.74, 6) is 0.752. The summed E-state index contributed by atoms with van der Waals surface area (Å²) in [5.41, 5.74) is 6.38. The van der Waals surface area contributed by atoms with Crippen LogP contribution in [0, 0.1) is 0 Å². The first kappa shape index (κ1) is 20.6. The summed E-state index contributed by atoms with van der Waals surface area (Å²) >= 11 is 0. The lowest BCUT2D eigenvalue weighted by molar-refractivity contribution is -0.126. The molecule has 0 saturated carbocycles. The van der Waals surface area contributed by atoms with Gasteiger partial charge in [0.2, 0.25) is 11.8 Å². The molecule has 0 atom stereocenters. The highest BCUT2D eigenvalue weighted by molar-refractivity contribution is 5.86. The van der Waals surface area contributed by atoms with E-state index in [4.69, 9.17) is 9.47 Å². The van der Waals surface area contributed by atoms with Crippen molar-refractivity contribution in [2.75, 3.05) is 14.2 Å². The van der Waals surface area contributed by atoms with Gasteiger partial charge in [0.1, 0.15) is 11.5 Å². The Labute approximate surface area is 163 Å². The number of carbonyl (C=O) groups is 2. The quantitative estimate of drug-likeness (QED) is 0.512. The topological polar surface area (TPSA) is 101 Å². The molecule has 0 aliphatic heterocycles. The van der Waals surface area contributed by atoms with Crippen LogP contribution in [0.15, 0.2) is 58.7 Å². The fraction of sp³-hybridized carbons (Fsp3) is 0.200. The van der Waals surface area contributed by atoms with E-state index in [0.29, 0.717) is 0 Å². The lowest BCUT2D eigenvalue weighted by atomic mass is 10.2. The lowest BCUT2D eigenvalue weighted by Crippen LogP contribution is -2.22. The highest BCUT2D eigenvalue weighted by atomic mass is 16.5. The first-order valence-corrected chi connectivity index (χ1v) is 8.52. The molecule has 0 aromatic heterocycles. The molecule has 8 nitrogen and oxygen atoms in total. The first-order chi connectivity index (χ1) is 13.6. The molecule has 0 bridgehead atoms. The van der Waals surface area contributed by atoms with Gasteiger partial charge in [0.15, 0.2) is 0 Å². The number of nitrogens with zero attached hydrogens (tertiary/aromatic N) is 2. The standard InChI is InChI=1S/C20H22N4O4/c1-27-17-7-3-15(4-8-17)13-21-23-19(25)11-12-20(26)24-22-14-16-5-9-18(28-2)10-6-16/h3-10,13-14H,11-12H2,1-2H3,(H,23,25)(H,24,26)/b21-13-,22-14-. The van der Waals surface area contributed by atoms with E-state index in [1.165, 1.54) is 12.4 Å². The first-order valence-electron chi connectivity index (χ1n) is 8.52. The molecule has 28 heavy (non-hydrogen) atoms. The Morgan fingerprint density at radius 3 is 1.43 bits per heavy atom. The van der Waals surface area contributed by atoms with E-state index in [1.807, 2.05) is 24.3 Å². The predicted octanol–water partition coefficient (Wildman–Crippen LogP) is 2.08. The number of methoxy groups -OCH3 is 2. The monoisotopic (exact) mass is 382 g/mol. The molecule has 0 aliphatic rings. The van der Waals surface area contributed by atoms with Gasteiger partial charge in [-0.25, -0.2) is 10.9 Å². The Hall–Kier alpha value is -3.68. The van der Waals surface area contributed by atoms with Crippen molar-refractivity contribution in [3.05, 3.63) is 59.7 Å². The van der Waals surface area contributed by atoms with Crippen molar-refractivity contribution in [2.24, 2.45) is 10.2 Å². The van der Waals surface area contributed by atoms with Crippen molar-refractivity contribution in [1.29, 1.82) is 0 Å². The number of hydrazone groups is 2. The van der Waals surface area contributed by atoms with Crippen molar-refractivity contribution in [3.8, 4) is 11.5 Å². The summed E-state index contributed by atoms with van der Waals surface area (Å²) in [4.78, 5) is 23.4. The molecule has 0 aliphatic carbocycles. The summed E-state index contributed by atoms with van der Waals surface area (Å²) in [6, 6.07) is 14.4. The highest BCUT2D eigenvalue weighted by Crippen LogP contribution is 2.10.